The summed E-state index contributed by atoms with van der Waals surface area (Å²) in [5, 5.41) is 0. The molecule has 62 heavy (non-hydrogen) atoms. The first kappa shape index (κ1) is 46.1. The third-order valence-corrected chi connectivity index (χ3v) is 13.9. The SMILES string of the molecule is CCCCCN1/C(=C/C=C2C(N(C)S(=O)(=O)C(F)(F)F)=C(/C=C/C3=[N+](CCCCC)c4ccc(C(=O)OC)cc4C3(C)C)c3ccccc3/2)C(C)(C)c2cc(C(=O)OC)ccc21. The Hall–Kier alpha value is -5.43. The van der Waals surface area contributed by atoms with Crippen LogP contribution in [0.25, 0.3) is 11.1 Å². The molecule has 0 N–H and O–H groups in total. The summed E-state index contributed by atoms with van der Waals surface area (Å²) in [4.78, 5) is 27.4. The normalized spacial score (nSPS) is 17.9. The Balaban J connectivity index is 1.58. The van der Waals surface area contributed by atoms with E-state index >= 15 is 0 Å². The van der Waals surface area contributed by atoms with E-state index in [1.54, 1.807) is 48.6 Å². The van der Waals surface area contributed by atoms with Crippen molar-refractivity contribution in [2.75, 3.05) is 39.3 Å². The van der Waals surface area contributed by atoms with E-state index in [1.165, 1.54) is 14.2 Å². The minimum absolute atomic E-state index is 0.116. The summed E-state index contributed by atoms with van der Waals surface area (Å²) in [6, 6.07) is 18.0. The van der Waals surface area contributed by atoms with E-state index in [1.807, 2.05) is 64.1 Å². The number of hydrogen-bond donors (Lipinski definition) is 0. The number of nitrogens with zero attached hydrogens (tertiary/aromatic N) is 3. The molecule has 1 aliphatic carbocycles. The van der Waals surface area contributed by atoms with E-state index in [0.29, 0.717) is 50.8 Å². The maximum absolute atomic E-state index is 14.5. The van der Waals surface area contributed by atoms with Crippen molar-refractivity contribution in [2.45, 2.75) is 96.4 Å². The minimum atomic E-state index is -5.87. The highest BCUT2D eigenvalue weighted by atomic mass is 32.2. The molecular formula is C49H57F3N3O6S+. The lowest BCUT2D eigenvalue weighted by Crippen LogP contribution is -2.37. The number of alkyl halides is 3. The number of likely N-dealkylation sites (N-methyl/N-ethyl adjacent to an activating group) is 1. The number of rotatable bonds is 15. The summed E-state index contributed by atoms with van der Waals surface area (Å²) in [6.07, 6.45) is 12.9. The largest absolute Gasteiger partial charge is 0.516 e. The Morgan fingerprint density at radius 2 is 1.39 bits per heavy atom. The van der Waals surface area contributed by atoms with Crippen LogP contribution in [-0.2, 0) is 30.3 Å². The number of unbranched alkanes of at least 4 members (excludes halogenated alkanes) is 4. The molecule has 3 aromatic carbocycles. The van der Waals surface area contributed by atoms with Crippen LogP contribution >= 0.6 is 0 Å². The Kier molecular flexibility index (Phi) is 13.2. The number of benzene rings is 3. The van der Waals surface area contributed by atoms with Crippen LogP contribution < -0.4 is 4.90 Å². The van der Waals surface area contributed by atoms with Gasteiger partial charge in [-0.2, -0.15) is 26.2 Å². The molecule has 13 heteroatoms. The molecule has 0 fully saturated rings. The lowest BCUT2D eigenvalue weighted by Gasteiger charge is -2.27. The van der Waals surface area contributed by atoms with Gasteiger partial charge in [-0.1, -0.05) is 77.3 Å². The second kappa shape index (κ2) is 17.7. The van der Waals surface area contributed by atoms with Crippen LogP contribution in [-0.4, -0.2) is 74.8 Å². The minimum Gasteiger partial charge on any atom is -0.465 e. The van der Waals surface area contributed by atoms with Crippen molar-refractivity contribution in [1.29, 1.82) is 0 Å². The van der Waals surface area contributed by atoms with Crippen molar-refractivity contribution in [1.82, 2.24) is 4.31 Å². The molecule has 0 atom stereocenters. The molecule has 2 aliphatic heterocycles. The average molecular weight is 873 g/mol. The summed E-state index contributed by atoms with van der Waals surface area (Å²) >= 11 is 0. The summed E-state index contributed by atoms with van der Waals surface area (Å²) in [7, 11) is -2.26. The van der Waals surface area contributed by atoms with Crippen molar-refractivity contribution in [2.24, 2.45) is 0 Å². The molecule has 0 radical (unpaired) electrons. The number of carbonyl (C=O) groups excluding carboxylic acids is 2. The van der Waals surface area contributed by atoms with E-state index in [2.05, 4.69) is 23.3 Å². The van der Waals surface area contributed by atoms with Gasteiger partial charge in [-0.25, -0.2) is 9.59 Å². The van der Waals surface area contributed by atoms with Crippen molar-refractivity contribution in [3.8, 4) is 0 Å². The van der Waals surface area contributed by atoms with Gasteiger partial charge in [-0.3, -0.25) is 4.31 Å². The molecule has 330 valence electrons. The van der Waals surface area contributed by atoms with Crippen LogP contribution in [0.2, 0.25) is 0 Å². The first-order chi connectivity index (χ1) is 29.3. The maximum atomic E-state index is 14.5. The molecule has 0 bridgehead atoms. The van der Waals surface area contributed by atoms with Gasteiger partial charge in [0.2, 0.25) is 5.69 Å². The monoisotopic (exact) mass is 872 g/mol. The number of hydrogen-bond acceptors (Lipinski definition) is 7. The quantitative estimate of drug-likeness (QED) is 0.0852. The zero-order chi connectivity index (χ0) is 45.4. The second-order valence-electron chi connectivity index (χ2n) is 17.0. The number of esters is 2. The summed E-state index contributed by atoms with van der Waals surface area (Å²) < 4.78 is 83.0. The van der Waals surface area contributed by atoms with Gasteiger partial charge >= 0.3 is 27.5 Å². The Bertz CT molecular complexity index is 2550. The summed E-state index contributed by atoms with van der Waals surface area (Å²) in [6.45, 7) is 13.7. The van der Waals surface area contributed by atoms with Gasteiger partial charge in [0.1, 0.15) is 6.54 Å². The number of fused-ring (bicyclic) bond motifs is 3. The summed E-state index contributed by atoms with van der Waals surface area (Å²) in [5.74, 6) is -0.934. The van der Waals surface area contributed by atoms with Crippen LogP contribution in [0.1, 0.15) is 123 Å². The lowest BCUT2D eigenvalue weighted by atomic mass is 9.80. The number of ether oxygens (including phenoxy) is 2. The van der Waals surface area contributed by atoms with E-state index in [4.69, 9.17) is 9.47 Å². The van der Waals surface area contributed by atoms with Crippen LogP contribution in [0.4, 0.5) is 24.5 Å². The van der Waals surface area contributed by atoms with E-state index in [9.17, 15) is 31.2 Å². The van der Waals surface area contributed by atoms with Crippen molar-refractivity contribution in [3.63, 3.8) is 0 Å². The van der Waals surface area contributed by atoms with Gasteiger partial charge in [0.25, 0.3) is 0 Å². The van der Waals surface area contributed by atoms with Gasteiger partial charge in [0.05, 0.1) is 36.5 Å². The number of anilines is 1. The highest BCUT2D eigenvalue weighted by Gasteiger charge is 2.51. The van der Waals surface area contributed by atoms with Crippen molar-refractivity contribution >= 4 is 50.2 Å². The van der Waals surface area contributed by atoms with Gasteiger partial charge in [-0.15, -0.1) is 0 Å². The predicted octanol–water partition coefficient (Wildman–Crippen LogP) is 10.8. The molecule has 2 heterocycles. The van der Waals surface area contributed by atoms with Crippen LogP contribution in [0.15, 0.2) is 96.4 Å². The van der Waals surface area contributed by atoms with Crippen molar-refractivity contribution < 1.29 is 45.2 Å². The Labute approximate surface area is 364 Å². The number of methoxy groups -OCH3 is 2. The number of allylic oxidation sites excluding steroid dienone is 7. The molecule has 9 nitrogen and oxygen atoms in total. The van der Waals surface area contributed by atoms with E-state index in [0.717, 1.165) is 79.5 Å². The molecule has 0 aromatic heterocycles. The van der Waals surface area contributed by atoms with Crippen LogP contribution in [0.3, 0.4) is 0 Å². The molecule has 6 rings (SSSR count). The van der Waals surface area contributed by atoms with Crippen molar-refractivity contribution in [3.05, 3.63) is 130 Å². The fourth-order valence-corrected chi connectivity index (χ4v) is 9.74. The summed E-state index contributed by atoms with van der Waals surface area (Å²) in [5.41, 5.74) is 0.825. The van der Waals surface area contributed by atoms with Crippen LogP contribution in [0.5, 0.6) is 0 Å². The Morgan fingerprint density at radius 1 is 0.790 bits per heavy atom. The van der Waals surface area contributed by atoms with Gasteiger partial charge < -0.3 is 14.4 Å². The molecule has 0 spiro atoms. The van der Waals surface area contributed by atoms with E-state index in [-0.39, 0.29) is 5.70 Å². The molecule has 0 amide bonds. The van der Waals surface area contributed by atoms with Crippen LogP contribution in [0, 0.1) is 0 Å². The first-order valence-electron chi connectivity index (χ1n) is 21.2. The highest BCUT2D eigenvalue weighted by molar-refractivity contribution is 7.90. The molecule has 3 aliphatic rings. The number of carbonyl (C=O) groups is 2. The standard InChI is InChI=1S/C49H57F3N3O6S/c1-10-12-16-28-54-40-24-20-32(45(56)60-8)30-38(40)47(3,4)42(54)26-22-36-34-18-14-15-19-35(34)37(44(36)53(7)62(58,59)49(50,51)52)23-27-43-48(5,6)39-31-33(46(57)61-9)21-25-41(39)55(43)29-17-13-11-2/h14-15,18-27,30-31H,10-13,16-17,28-29H2,1-9H3/q+1. The molecule has 0 saturated heterocycles. The molecule has 0 unspecified atom stereocenters. The molecule has 0 saturated carbocycles. The van der Waals surface area contributed by atoms with Gasteiger partial charge in [0.15, 0.2) is 5.71 Å². The third-order valence-electron chi connectivity index (χ3n) is 12.4. The topological polar surface area (TPSA) is 96.2 Å². The second-order valence-corrected chi connectivity index (χ2v) is 19.0. The molecular weight excluding hydrogens is 816 g/mol. The van der Waals surface area contributed by atoms with Gasteiger partial charge in [-0.05, 0) is 85.9 Å². The van der Waals surface area contributed by atoms with E-state index < -0.39 is 38.3 Å². The fourth-order valence-electron chi connectivity index (χ4n) is 8.99. The predicted molar refractivity (Wildman–Crippen MR) is 239 cm³/mol. The highest BCUT2D eigenvalue weighted by Crippen LogP contribution is 2.50. The fraction of sp³-hybridized carbons (Fsp3) is 0.408. The zero-order valence-corrected chi connectivity index (χ0v) is 37.9. The average Bonchev–Trinajstić information content (AvgIpc) is 3.75. The smallest absolute Gasteiger partial charge is 0.465 e. The maximum Gasteiger partial charge on any atom is 0.516 e. The third kappa shape index (κ3) is 8.16. The van der Waals surface area contributed by atoms with Gasteiger partial charge in [0, 0.05) is 65.7 Å². The lowest BCUT2D eigenvalue weighted by molar-refractivity contribution is -0.438. The first-order valence-corrected chi connectivity index (χ1v) is 22.6. The molecule has 3 aromatic rings. The number of halogens is 3. The Morgan fingerprint density at radius 3 is 2.00 bits per heavy atom. The number of sulfonamides is 1. The zero-order valence-electron chi connectivity index (χ0n) is 37.1.